The van der Waals surface area contributed by atoms with Crippen molar-refractivity contribution in [2.24, 2.45) is 5.92 Å². The van der Waals surface area contributed by atoms with E-state index in [1.54, 1.807) is 0 Å². The van der Waals surface area contributed by atoms with Gasteiger partial charge in [0.05, 0.1) is 19.3 Å². The van der Waals surface area contributed by atoms with E-state index in [4.69, 9.17) is 4.74 Å². The molecule has 1 atom stereocenters. The summed E-state index contributed by atoms with van der Waals surface area (Å²) in [6, 6.07) is 0. The van der Waals surface area contributed by atoms with Gasteiger partial charge in [-0.1, -0.05) is 20.8 Å². The van der Waals surface area contributed by atoms with Gasteiger partial charge in [0.25, 0.3) is 0 Å². The molecule has 0 spiro atoms. The second-order valence-electron chi connectivity index (χ2n) is 4.83. The summed E-state index contributed by atoms with van der Waals surface area (Å²) in [7, 11) is 0. The van der Waals surface area contributed by atoms with Crippen molar-refractivity contribution in [3.05, 3.63) is 0 Å². The molecule has 0 saturated carbocycles. The molecule has 0 radical (unpaired) electrons. The van der Waals surface area contributed by atoms with Crippen molar-refractivity contribution in [2.75, 3.05) is 32.8 Å². The molecule has 1 amide bonds. The van der Waals surface area contributed by atoms with E-state index in [2.05, 4.69) is 31.0 Å². The van der Waals surface area contributed by atoms with Crippen LogP contribution in [0, 0.1) is 5.92 Å². The molecule has 4 heteroatoms. The third-order valence-corrected chi connectivity index (χ3v) is 2.75. The number of rotatable bonds is 5. The third-order valence-electron chi connectivity index (χ3n) is 2.75. The number of ether oxygens (including phenoxy) is 1. The smallest absolute Gasteiger partial charge is 0.234 e. The lowest BCUT2D eigenvalue weighted by Gasteiger charge is -2.31. The van der Waals surface area contributed by atoms with Crippen molar-refractivity contribution in [3.8, 4) is 0 Å². The minimum absolute atomic E-state index is 0.130. The Morgan fingerprint density at radius 3 is 2.94 bits per heavy atom. The topological polar surface area (TPSA) is 41.6 Å². The second kappa shape index (κ2) is 6.86. The maximum absolute atomic E-state index is 11.6. The van der Waals surface area contributed by atoms with E-state index in [0.29, 0.717) is 18.6 Å². The minimum Gasteiger partial charge on any atom is -0.376 e. The molecule has 0 unspecified atom stereocenters. The number of nitrogens with zero attached hydrogens (tertiary/aromatic N) is 1. The summed E-state index contributed by atoms with van der Waals surface area (Å²) in [6.45, 7) is 10.1. The van der Waals surface area contributed by atoms with Gasteiger partial charge in [0, 0.05) is 19.6 Å². The lowest BCUT2D eigenvalue weighted by atomic mass is 10.2. The number of hydrogen-bond donors (Lipinski definition) is 1. The largest absolute Gasteiger partial charge is 0.376 e. The first kappa shape index (κ1) is 13.5. The highest BCUT2D eigenvalue weighted by Gasteiger charge is 2.20. The van der Waals surface area contributed by atoms with E-state index < -0.39 is 0 Å². The number of morpholine rings is 1. The summed E-state index contributed by atoms with van der Waals surface area (Å²) in [5.41, 5.74) is 0. The normalized spacial score (nSPS) is 22.4. The molecule has 1 N–H and O–H groups in total. The maximum atomic E-state index is 11.6. The molecule has 1 heterocycles. The van der Waals surface area contributed by atoms with Crippen LogP contribution in [0.2, 0.25) is 0 Å². The van der Waals surface area contributed by atoms with E-state index in [1.807, 2.05) is 0 Å². The standard InChI is InChI=1S/C12H24N2O2/c1-4-11-8-14(5-6-16-11)9-12(15)13-7-10(2)3/h10-11H,4-9H2,1-3H3,(H,13,15)/t11-/m1/s1. The zero-order valence-electron chi connectivity index (χ0n) is 10.7. The van der Waals surface area contributed by atoms with Crippen LogP contribution in [0.1, 0.15) is 27.2 Å². The van der Waals surface area contributed by atoms with Gasteiger partial charge in [0.2, 0.25) is 5.91 Å². The molecule has 0 aliphatic carbocycles. The quantitative estimate of drug-likeness (QED) is 0.759. The average Bonchev–Trinajstić information content (AvgIpc) is 2.26. The molecule has 1 fully saturated rings. The third kappa shape index (κ3) is 4.94. The fourth-order valence-corrected chi connectivity index (χ4v) is 1.75. The first-order valence-electron chi connectivity index (χ1n) is 6.22. The summed E-state index contributed by atoms with van der Waals surface area (Å²) in [5, 5.41) is 2.94. The maximum Gasteiger partial charge on any atom is 0.234 e. The molecule has 1 rings (SSSR count). The van der Waals surface area contributed by atoms with Crippen LogP contribution in [0.3, 0.4) is 0 Å². The van der Waals surface area contributed by atoms with Gasteiger partial charge < -0.3 is 10.1 Å². The van der Waals surface area contributed by atoms with Gasteiger partial charge in [0.15, 0.2) is 0 Å². The highest BCUT2D eigenvalue weighted by atomic mass is 16.5. The van der Waals surface area contributed by atoms with E-state index in [1.165, 1.54) is 0 Å². The van der Waals surface area contributed by atoms with Crippen LogP contribution in [0.15, 0.2) is 0 Å². The number of carbonyl (C=O) groups excluding carboxylic acids is 1. The summed E-state index contributed by atoms with van der Waals surface area (Å²) < 4.78 is 5.56. The van der Waals surface area contributed by atoms with Crippen LogP contribution in [-0.2, 0) is 9.53 Å². The minimum atomic E-state index is 0.130. The average molecular weight is 228 g/mol. The Balaban J connectivity index is 2.22. The molecule has 0 aromatic heterocycles. The molecule has 1 saturated heterocycles. The Morgan fingerprint density at radius 2 is 2.31 bits per heavy atom. The van der Waals surface area contributed by atoms with Crippen LogP contribution < -0.4 is 5.32 Å². The van der Waals surface area contributed by atoms with Gasteiger partial charge in [0.1, 0.15) is 0 Å². The molecule has 16 heavy (non-hydrogen) atoms. The summed E-state index contributed by atoms with van der Waals surface area (Å²) in [5.74, 6) is 0.641. The fourth-order valence-electron chi connectivity index (χ4n) is 1.75. The Labute approximate surface area is 98.3 Å². The number of nitrogens with one attached hydrogen (secondary N) is 1. The van der Waals surface area contributed by atoms with Crippen LogP contribution >= 0.6 is 0 Å². The van der Waals surface area contributed by atoms with Gasteiger partial charge in [-0.25, -0.2) is 0 Å². The van der Waals surface area contributed by atoms with Crippen LogP contribution in [0.5, 0.6) is 0 Å². The van der Waals surface area contributed by atoms with Gasteiger partial charge in [-0.15, -0.1) is 0 Å². The second-order valence-corrected chi connectivity index (χ2v) is 4.83. The summed E-state index contributed by atoms with van der Waals surface area (Å²) in [6.07, 6.45) is 1.32. The lowest BCUT2D eigenvalue weighted by Crippen LogP contribution is -2.47. The van der Waals surface area contributed by atoms with Crippen LogP contribution in [0.25, 0.3) is 0 Å². The number of amides is 1. The molecule has 94 valence electrons. The van der Waals surface area contributed by atoms with Gasteiger partial charge in [-0.3, -0.25) is 9.69 Å². The van der Waals surface area contributed by atoms with E-state index in [-0.39, 0.29) is 5.91 Å². The number of carbonyl (C=O) groups is 1. The van der Waals surface area contributed by atoms with Crippen molar-refractivity contribution < 1.29 is 9.53 Å². The zero-order valence-corrected chi connectivity index (χ0v) is 10.7. The Bertz CT molecular complexity index is 219. The van der Waals surface area contributed by atoms with E-state index in [0.717, 1.165) is 32.7 Å². The van der Waals surface area contributed by atoms with Crippen LogP contribution in [0.4, 0.5) is 0 Å². The summed E-state index contributed by atoms with van der Waals surface area (Å²) >= 11 is 0. The van der Waals surface area contributed by atoms with Crippen molar-refractivity contribution in [2.45, 2.75) is 33.3 Å². The van der Waals surface area contributed by atoms with Gasteiger partial charge in [-0.2, -0.15) is 0 Å². The first-order chi connectivity index (χ1) is 7.61. The van der Waals surface area contributed by atoms with Crippen molar-refractivity contribution in [3.63, 3.8) is 0 Å². The lowest BCUT2D eigenvalue weighted by molar-refractivity contribution is -0.124. The predicted molar refractivity (Wildman–Crippen MR) is 64.3 cm³/mol. The van der Waals surface area contributed by atoms with Crippen molar-refractivity contribution >= 4 is 5.91 Å². The molecule has 1 aliphatic heterocycles. The molecule has 1 aliphatic rings. The molecule has 4 nitrogen and oxygen atoms in total. The highest BCUT2D eigenvalue weighted by Crippen LogP contribution is 2.07. The molecule has 0 bridgehead atoms. The fraction of sp³-hybridized carbons (Fsp3) is 0.917. The van der Waals surface area contributed by atoms with Gasteiger partial charge in [-0.05, 0) is 12.3 Å². The predicted octanol–water partition coefficient (Wildman–Crippen LogP) is 0.869. The zero-order chi connectivity index (χ0) is 12.0. The highest BCUT2D eigenvalue weighted by molar-refractivity contribution is 5.78. The van der Waals surface area contributed by atoms with E-state index >= 15 is 0 Å². The SMILES string of the molecule is CC[C@@H]1CN(CC(=O)NCC(C)C)CCO1. The monoisotopic (exact) mass is 228 g/mol. The van der Waals surface area contributed by atoms with Crippen molar-refractivity contribution in [1.29, 1.82) is 0 Å². The first-order valence-corrected chi connectivity index (χ1v) is 6.22. The molecular formula is C12H24N2O2. The summed E-state index contributed by atoms with van der Waals surface area (Å²) in [4.78, 5) is 13.8. The van der Waals surface area contributed by atoms with Gasteiger partial charge >= 0.3 is 0 Å². The molecule has 0 aromatic carbocycles. The molecule has 0 aromatic rings. The molecular weight excluding hydrogens is 204 g/mol. The Hall–Kier alpha value is -0.610. The number of hydrogen-bond acceptors (Lipinski definition) is 3. The Kier molecular flexibility index (Phi) is 5.77. The van der Waals surface area contributed by atoms with E-state index in [9.17, 15) is 4.79 Å². The van der Waals surface area contributed by atoms with Crippen molar-refractivity contribution in [1.82, 2.24) is 10.2 Å². The van der Waals surface area contributed by atoms with Crippen LogP contribution in [-0.4, -0.2) is 49.7 Å². The Morgan fingerprint density at radius 1 is 1.56 bits per heavy atom.